The van der Waals surface area contributed by atoms with Gasteiger partial charge >= 0.3 is 0 Å². The first-order chi connectivity index (χ1) is 6.13. The molecule has 0 atom stereocenters. The lowest BCUT2D eigenvalue weighted by molar-refractivity contribution is 0.766. The molecule has 3 heteroatoms. The number of thioether (sulfide) groups is 1. The van der Waals surface area contributed by atoms with Gasteiger partial charge in [-0.3, -0.25) is 0 Å². The van der Waals surface area contributed by atoms with Gasteiger partial charge in [0.2, 0.25) is 0 Å². The molecule has 0 spiro atoms. The van der Waals surface area contributed by atoms with E-state index in [2.05, 4.69) is 25.5 Å². The van der Waals surface area contributed by atoms with Crippen molar-refractivity contribution in [3.63, 3.8) is 0 Å². The van der Waals surface area contributed by atoms with Gasteiger partial charge in [-0.15, -0.1) is 11.3 Å². The molecule has 1 aromatic rings. The van der Waals surface area contributed by atoms with E-state index in [1.165, 1.54) is 23.5 Å². The van der Waals surface area contributed by atoms with Crippen molar-refractivity contribution in [2.45, 2.75) is 37.4 Å². The fraction of sp³-hybridized carbons (Fsp3) is 0.700. The summed E-state index contributed by atoms with van der Waals surface area (Å²) in [4.78, 5) is 4.71. The zero-order valence-electron chi connectivity index (χ0n) is 8.33. The van der Waals surface area contributed by atoms with Crippen LogP contribution < -0.4 is 0 Å². The van der Waals surface area contributed by atoms with Crippen LogP contribution in [0.4, 0.5) is 0 Å². The molecule has 0 bridgehead atoms. The standard InChI is InChI=1S/C10H15NS2/c1-10(2,12-3)9-11-8(6-13-9)7-4-5-7/h6-7H,4-5H2,1-3H3. The van der Waals surface area contributed by atoms with E-state index in [0.29, 0.717) is 0 Å². The minimum absolute atomic E-state index is 0.192. The lowest BCUT2D eigenvalue weighted by Crippen LogP contribution is -2.10. The van der Waals surface area contributed by atoms with Crippen LogP contribution in [-0.2, 0) is 4.75 Å². The Labute approximate surface area is 88.0 Å². The van der Waals surface area contributed by atoms with Crippen molar-refractivity contribution in [3.8, 4) is 0 Å². The van der Waals surface area contributed by atoms with Crippen LogP contribution in [0.3, 0.4) is 0 Å². The van der Waals surface area contributed by atoms with Crippen LogP contribution in [0.15, 0.2) is 5.38 Å². The summed E-state index contributed by atoms with van der Waals surface area (Å²) in [6, 6.07) is 0. The van der Waals surface area contributed by atoms with Crippen LogP contribution in [0.1, 0.15) is 43.3 Å². The van der Waals surface area contributed by atoms with Gasteiger partial charge in [0.05, 0.1) is 10.4 Å². The summed E-state index contributed by atoms with van der Waals surface area (Å²) in [5.74, 6) is 0.794. The topological polar surface area (TPSA) is 12.9 Å². The molecule has 0 amide bonds. The van der Waals surface area contributed by atoms with Gasteiger partial charge in [-0.05, 0) is 32.9 Å². The molecule has 0 aromatic carbocycles. The highest BCUT2D eigenvalue weighted by molar-refractivity contribution is 7.99. The molecule has 1 fully saturated rings. The van der Waals surface area contributed by atoms with Crippen LogP contribution in [0, 0.1) is 0 Å². The second-order valence-corrected chi connectivity index (χ2v) is 6.35. The predicted octanol–water partition coefficient (Wildman–Crippen LogP) is 3.62. The smallest absolute Gasteiger partial charge is 0.108 e. The first kappa shape index (κ1) is 9.53. The van der Waals surface area contributed by atoms with Gasteiger partial charge in [0, 0.05) is 11.3 Å². The SMILES string of the molecule is CSC(C)(C)c1nc(C2CC2)cs1. The van der Waals surface area contributed by atoms with Gasteiger partial charge in [0.15, 0.2) is 0 Å². The van der Waals surface area contributed by atoms with E-state index >= 15 is 0 Å². The third-order valence-corrected chi connectivity index (χ3v) is 5.07. The van der Waals surface area contributed by atoms with Crippen LogP contribution in [0.25, 0.3) is 0 Å². The number of hydrogen-bond acceptors (Lipinski definition) is 3. The van der Waals surface area contributed by atoms with Crippen LogP contribution in [0.2, 0.25) is 0 Å². The number of nitrogens with zero attached hydrogens (tertiary/aromatic N) is 1. The third-order valence-electron chi connectivity index (χ3n) is 2.54. The van der Waals surface area contributed by atoms with Crippen molar-refractivity contribution in [1.82, 2.24) is 4.98 Å². The molecule has 1 heterocycles. The van der Waals surface area contributed by atoms with Crippen molar-refractivity contribution < 1.29 is 0 Å². The number of hydrogen-bond donors (Lipinski definition) is 0. The highest BCUT2D eigenvalue weighted by Gasteiger charge is 2.29. The van der Waals surface area contributed by atoms with Crippen LogP contribution >= 0.6 is 23.1 Å². The van der Waals surface area contributed by atoms with E-state index < -0.39 is 0 Å². The van der Waals surface area contributed by atoms with Crippen molar-refractivity contribution in [2.24, 2.45) is 0 Å². The highest BCUT2D eigenvalue weighted by Crippen LogP contribution is 2.43. The summed E-state index contributed by atoms with van der Waals surface area (Å²) < 4.78 is 0.192. The average molecular weight is 213 g/mol. The first-order valence-electron chi connectivity index (χ1n) is 4.64. The molecule has 0 radical (unpaired) electrons. The Balaban J connectivity index is 2.20. The molecule has 1 aliphatic carbocycles. The summed E-state index contributed by atoms with van der Waals surface area (Å²) in [5.41, 5.74) is 1.34. The molecule has 1 aromatic heterocycles. The summed E-state index contributed by atoms with van der Waals surface area (Å²) in [6.07, 6.45) is 4.85. The molecule has 1 saturated carbocycles. The van der Waals surface area contributed by atoms with E-state index in [1.807, 2.05) is 23.1 Å². The molecule has 0 unspecified atom stereocenters. The quantitative estimate of drug-likeness (QED) is 0.760. The molecule has 2 rings (SSSR count). The molecule has 1 aliphatic rings. The fourth-order valence-corrected chi connectivity index (χ4v) is 2.75. The number of rotatable bonds is 3. The molecule has 13 heavy (non-hydrogen) atoms. The second-order valence-electron chi connectivity index (χ2n) is 4.07. The van der Waals surface area contributed by atoms with Gasteiger partial charge in [-0.2, -0.15) is 11.8 Å². The van der Waals surface area contributed by atoms with Gasteiger partial charge in [0.25, 0.3) is 0 Å². The molecule has 0 N–H and O–H groups in total. The summed E-state index contributed by atoms with van der Waals surface area (Å²) >= 11 is 3.69. The number of aromatic nitrogens is 1. The Hall–Kier alpha value is -0.0200. The Morgan fingerprint density at radius 3 is 2.77 bits per heavy atom. The molecular formula is C10H15NS2. The predicted molar refractivity (Wildman–Crippen MR) is 60.6 cm³/mol. The van der Waals surface area contributed by atoms with E-state index in [1.54, 1.807) is 0 Å². The Kier molecular flexibility index (Phi) is 2.41. The monoisotopic (exact) mass is 213 g/mol. The highest BCUT2D eigenvalue weighted by atomic mass is 32.2. The maximum atomic E-state index is 4.71. The second kappa shape index (κ2) is 3.28. The third kappa shape index (κ3) is 1.91. The van der Waals surface area contributed by atoms with E-state index in [4.69, 9.17) is 4.98 Å². The average Bonchev–Trinajstić information content (AvgIpc) is 2.83. The van der Waals surface area contributed by atoms with Crippen molar-refractivity contribution >= 4 is 23.1 Å². The van der Waals surface area contributed by atoms with Crippen molar-refractivity contribution in [3.05, 3.63) is 16.1 Å². The minimum Gasteiger partial charge on any atom is -0.245 e. The Morgan fingerprint density at radius 1 is 1.54 bits per heavy atom. The van der Waals surface area contributed by atoms with Gasteiger partial charge < -0.3 is 0 Å². The largest absolute Gasteiger partial charge is 0.245 e. The van der Waals surface area contributed by atoms with Gasteiger partial charge in [-0.25, -0.2) is 4.98 Å². The van der Waals surface area contributed by atoms with E-state index in [0.717, 1.165) is 5.92 Å². The summed E-state index contributed by atoms with van der Waals surface area (Å²) in [7, 11) is 0. The fourth-order valence-electron chi connectivity index (χ4n) is 1.22. The van der Waals surface area contributed by atoms with Gasteiger partial charge in [-0.1, -0.05) is 0 Å². The van der Waals surface area contributed by atoms with E-state index in [-0.39, 0.29) is 4.75 Å². The zero-order valence-corrected chi connectivity index (χ0v) is 9.97. The lowest BCUT2D eigenvalue weighted by atomic mass is 10.2. The Bertz CT molecular complexity index is 300. The van der Waals surface area contributed by atoms with Crippen LogP contribution in [-0.4, -0.2) is 11.2 Å². The molecular weight excluding hydrogens is 198 g/mol. The maximum absolute atomic E-state index is 4.71. The molecule has 0 saturated heterocycles. The maximum Gasteiger partial charge on any atom is 0.108 e. The van der Waals surface area contributed by atoms with Crippen molar-refractivity contribution in [2.75, 3.05) is 6.26 Å². The minimum atomic E-state index is 0.192. The zero-order chi connectivity index (χ0) is 9.47. The first-order valence-corrected chi connectivity index (χ1v) is 6.75. The normalized spacial score (nSPS) is 17.8. The van der Waals surface area contributed by atoms with Gasteiger partial charge in [0.1, 0.15) is 5.01 Å². The molecule has 72 valence electrons. The summed E-state index contributed by atoms with van der Waals surface area (Å²) in [6.45, 7) is 4.49. The number of thiazole rings is 1. The van der Waals surface area contributed by atoms with Crippen molar-refractivity contribution in [1.29, 1.82) is 0 Å². The molecule has 0 aliphatic heterocycles. The van der Waals surface area contributed by atoms with E-state index in [9.17, 15) is 0 Å². The molecule has 1 nitrogen and oxygen atoms in total. The van der Waals surface area contributed by atoms with Crippen LogP contribution in [0.5, 0.6) is 0 Å². The lowest BCUT2D eigenvalue weighted by Gasteiger charge is -2.18. The Morgan fingerprint density at radius 2 is 2.23 bits per heavy atom. The summed E-state index contributed by atoms with van der Waals surface area (Å²) in [5, 5.41) is 3.52.